The molecule has 1 saturated carbocycles. The summed E-state index contributed by atoms with van der Waals surface area (Å²) >= 11 is 0. The summed E-state index contributed by atoms with van der Waals surface area (Å²) in [5.41, 5.74) is -0.647. The fourth-order valence-electron chi connectivity index (χ4n) is 3.21. The Labute approximate surface area is 140 Å². The van der Waals surface area contributed by atoms with Crippen LogP contribution in [0, 0.1) is 5.92 Å². The zero-order chi connectivity index (χ0) is 17.6. The molecular weight excluding hydrogens is 319 g/mol. The predicted octanol–water partition coefficient (Wildman–Crippen LogP) is 5.02. The maximum atomic E-state index is 12.7. The molecule has 0 bridgehead atoms. The van der Waals surface area contributed by atoms with E-state index in [4.69, 9.17) is 4.74 Å². The van der Waals surface area contributed by atoms with Crippen LogP contribution in [0.1, 0.15) is 50.5 Å². The molecule has 0 radical (unpaired) electrons. The molecule has 1 aromatic carbocycles. The molecule has 1 unspecified atom stereocenters. The van der Waals surface area contributed by atoms with Crippen LogP contribution in [0.2, 0.25) is 0 Å². The SMILES string of the molecule is COC(CCC1CCCCC1)C(=O)Nc1cccc(C(F)(F)F)c1. The Kier molecular flexibility index (Phi) is 6.66. The minimum atomic E-state index is -4.43. The molecule has 0 spiro atoms. The van der Waals surface area contributed by atoms with Crippen molar-refractivity contribution in [1.82, 2.24) is 0 Å². The van der Waals surface area contributed by atoms with Gasteiger partial charge in [0.05, 0.1) is 5.56 Å². The van der Waals surface area contributed by atoms with Crippen molar-refractivity contribution < 1.29 is 22.7 Å². The number of anilines is 1. The first-order valence-corrected chi connectivity index (χ1v) is 8.41. The molecule has 1 amide bonds. The Morgan fingerprint density at radius 3 is 2.62 bits per heavy atom. The molecule has 134 valence electrons. The molecule has 3 nitrogen and oxygen atoms in total. The van der Waals surface area contributed by atoms with Gasteiger partial charge in [-0.05, 0) is 37.0 Å². The van der Waals surface area contributed by atoms with E-state index in [0.717, 1.165) is 18.6 Å². The highest BCUT2D eigenvalue weighted by Gasteiger charge is 2.30. The number of rotatable bonds is 6. The average Bonchev–Trinajstić information content (AvgIpc) is 2.56. The van der Waals surface area contributed by atoms with E-state index in [1.807, 2.05) is 0 Å². The average molecular weight is 343 g/mol. The van der Waals surface area contributed by atoms with E-state index in [9.17, 15) is 18.0 Å². The van der Waals surface area contributed by atoms with Crippen LogP contribution in [0.5, 0.6) is 0 Å². The second-order valence-electron chi connectivity index (χ2n) is 6.37. The zero-order valence-electron chi connectivity index (χ0n) is 13.9. The molecular formula is C18H24F3NO2. The minimum absolute atomic E-state index is 0.134. The third kappa shape index (κ3) is 5.51. The molecule has 1 aliphatic carbocycles. The van der Waals surface area contributed by atoms with Gasteiger partial charge in [0, 0.05) is 12.8 Å². The summed E-state index contributed by atoms with van der Waals surface area (Å²) < 4.78 is 43.4. The fourth-order valence-corrected chi connectivity index (χ4v) is 3.21. The smallest absolute Gasteiger partial charge is 0.372 e. The van der Waals surface area contributed by atoms with Gasteiger partial charge in [-0.3, -0.25) is 4.79 Å². The van der Waals surface area contributed by atoms with Crippen molar-refractivity contribution in [2.45, 2.75) is 57.2 Å². The van der Waals surface area contributed by atoms with Gasteiger partial charge >= 0.3 is 6.18 Å². The van der Waals surface area contributed by atoms with E-state index in [2.05, 4.69) is 5.32 Å². The first-order valence-electron chi connectivity index (χ1n) is 8.41. The molecule has 0 aromatic heterocycles. The number of hydrogen-bond donors (Lipinski definition) is 1. The lowest BCUT2D eigenvalue weighted by molar-refractivity contribution is -0.137. The zero-order valence-corrected chi connectivity index (χ0v) is 13.9. The van der Waals surface area contributed by atoms with Crippen LogP contribution in [-0.4, -0.2) is 19.1 Å². The first kappa shape index (κ1) is 18.8. The monoisotopic (exact) mass is 343 g/mol. The van der Waals surface area contributed by atoms with Gasteiger partial charge < -0.3 is 10.1 Å². The van der Waals surface area contributed by atoms with E-state index >= 15 is 0 Å². The van der Waals surface area contributed by atoms with Crippen LogP contribution in [0.25, 0.3) is 0 Å². The number of methoxy groups -OCH3 is 1. The number of carbonyl (C=O) groups excluding carboxylic acids is 1. The Bertz CT molecular complexity index is 539. The van der Waals surface area contributed by atoms with E-state index in [0.29, 0.717) is 12.3 Å². The maximum Gasteiger partial charge on any atom is 0.416 e. The second-order valence-corrected chi connectivity index (χ2v) is 6.37. The van der Waals surface area contributed by atoms with Gasteiger partial charge in [0.1, 0.15) is 6.10 Å². The highest BCUT2D eigenvalue weighted by Crippen LogP contribution is 2.31. The number of amides is 1. The third-order valence-electron chi connectivity index (χ3n) is 4.60. The lowest BCUT2D eigenvalue weighted by Gasteiger charge is -2.23. The highest BCUT2D eigenvalue weighted by molar-refractivity contribution is 5.94. The molecule has 24 heavy (non-hydrogen) atoms. The molecule has 2 rings (SSSR count). The lowest BCUT2D eigenvalue weighted by atomic mass is 9.85. The Morgan fingerprint density at radius 1 is 1.29 bits per heavy atom. The summed E-state index contributed by atoms with van der Waals surface area (Å²) in [4.78, 5) is 12.3. The van der Waals surface area contributed by atoms with E-state index < -0.39 is 23.8 Å². The van der Waals surface area contributed by atoms with Gasteiger partial charge in [0.2, 0.25) is 0 Å². The maximum absolute atomic E-state index is 12.7. The van der Waals surface area contributed by atoms with Gasteiger partial charge in [-0.2, -0.15) is 13.2 Å². The number of benzene rings is 1. The molecule has 1 N–H and O–H groups in total. The van der Waals surface area contributed by atoms with Crippen LogP contribution < -0.4 is 5.32 Å². The molecule has 0 heterocycles. The number of alkyl halides is 3. The summed E-state index contributed by atoms with van der Waals surface area (Å²) in [5.74, 6) is 0.227. The molecule has 1 aliphatic rings. The van der Waals surface area contributed by atoms with Crippen molar-refractivity contribution in [3.05, 3.63) is 29.8 Å². The number of nitrogens with one attached hydrogen (secondary N) is 1. The van der Waals surface area contributed by atoms with Gasteiger partial charge in [0.25, 0.3) is 5.91 Å². The topological polar surface area (TPSA) is 38.3 Å². The molecule has 1 atom stereocenters. The predicted molar refractivity (Wildman–Crippen MR) is 86.7 cm³/mol. The Morgan fingerprint density at radius 2 is 2.00 bits per heavy atom. The summed E-state index contributed by atoms with van der Waals surface area (Å²) in [6.45, 7) is 0. The van der Waals surface area contributed by atoms with Crippen LogP contribution in [0.15, 0.2) is 24.3 Å². The Hall–Kier alpha value is -1.56. The summed E-state index contributed by atoms with van der Waals surface area (Å²) in [6.07, 6.45) is 2.55. The van der Waals surface area contributed by atoms with Gasteiger partial charge in [-0.1, -0.05) is 38.2 Å². The fraction of sp³-hybridized carbons (Fsp3) is 0.611. The van der Waals surface area contributed by atoms with Gasteiger partial charge in [0.15, 0.2) is 0 Å². The summed E-state index contributed by atoms with van der Waals surface area (Å²) in [5, 5.41) is 2.53. The van der Waals surface area contributed by atoms with Crippen molar-refractivity contribution in [3.63, 3.8) is 0 Å². The third-order valence-corrected chi connectivity index (χ3v) is 4.60. The number of halogens is 3. The Balaban J connectivity index is 1.91. The van der Waals surface area contributed by atoms with Crippen LogP contribution in [0.3, 0.4) is 0 Å². The normalized spacial score (nSPS) is 17.5. The largest absolute Gasteiger partial charge is 0.416 e. The quantitative estimate of drug-likeness (QED) is 0.788. The summed E-state index contributed by atoms with van der Waals surface area (Å²) in [7, 11) is 1.46. The highest BCUT2D eigenvalue weighted by atomic mass is 19.4. The molecule has 0 aliphatic heterocycles. The molecule has 6 heteroatoms. The second kappa shape index (κ2) is 8.51. The molecule has 0 saturated heterocycles. The van der Waals surface area contributed by atoms with Crippen molar-refractivity contribution >= 4 is 11.6 Å². The lowest BCUT2D eigenvalue weighted by Crippen LogP contribution is -2.30. The minimum Gasteiger partial charge on any atom is -0.372 e. The van der Waals surface area contributed by atoms with Crippen LogP contribution in [-0.2, 0) is 15.7 Å². The van der Waals surface area contributed by atoms with E-state index in [1.54, 1.807) is 0 Å². The van der Waals surface area contributed by atoms with E-state index in [-0.39, 0.29) is 5.69 Å². The standard InChI is InChI=1S/C18H24F3NO2/c1-24-16(11-10-13-6-3-2-4-7-13)17(23)22-15-9-5-8-14(12-15)18(19,20)21/h5,8-9,12-13,16H,2-4,6-7,10-11H2,1H3,(H,22,23). The number of hydrogen-bond acceptors (Lipinski definition) is 2. The number of carbonyl (C=O) groups is 1. The van der Waals surface area contributed by atoms with Crippen molar-refractivity contribution in [3.8, 4) is 0 Å². The first-order chi connectivity index (χ1) is 11.4. The number of ether oxygens (including phenoxy) is 1. The van der Waals surface area contributed by atoms with Crippen molar-refractivity contribution in [1.29, 1.82) is 0 Å². The molecule has 1 fully saturated rings. The van der Waals surface area contributed by atoms with E-state index in [1.165, 1.54) is 51.3 Å². The van der Waals surface area contributed by atoms with Crippen LogP contribution >= 0.6 is 0 Å². The van der Waals surface area contributed by atoms with Crippen molar-refractivity contribution in [2.24, 2.45) is 5.92 Å². The van der Waals surface area contributed by atoms with Crippen molar-refractivity contribution in [2.75, 3.05) is 12.4 Å². The van der Waals surface area contributed by atoms with Gasteiger partial charge in [-0.15, -0.1) is 0 Å². The molecule has 1 aromatic rings. The van der Waals surface area contributed by atoms with Gasteiger partial charge in [-0.25, -0.2) is 0 Å². The van der Waals surface area contributed by atoms with Crippen LogP contribution in [0.4, 0.5) is 18.9 Å². The summed E-state index contributed by atoms with van der Waals surface area (Å²) in [6, 6.07) is 4.64.